The minimum absolute atomic E-state index is 0.703. The summed E-state index contributed by atoms with van der Waals surface area (Å²) in [7, 11) is 1.69. The van der Waals surface area contributed by atoms with Gasteiger partial charge < -0.3 is 15.0 Å². The maximum Gasteiger partial charge on any atom is 0.142 e. The molecule has 0 amide bonds. The van der Waals surface area contributed by atoms with Crippen molar-refractivity contribution in [3.63, 3.8) is 0 Å². The van der Waals surface area contributed by atoms with Gasteiger partial charge in [-0.05, 0) is 41.5 Å². The van der Waals surface area contributed by atoms with E-state index in [2.05, 4.69) is 50.5 Å². The summed E-state index contributed by atoms with van der Waals surface area (Å²) >= 11 is 0. The molecule has 0 unspecified atom stereocenters. The summed E-state index contributed by atoms with van der Waals surface area (Å²) in [5.41, 5.74) is 5.64. The maximum atomic E-state index is 5.50. The smallest absolute Gasteiger partial charge is 0.142 e. The van der Waals surface area contributed by atoms with Crippen molar-refractivity contribution < 1.29 is 4.74 Å². The lowest BCUT2D eigenvalue weighted by Gasteiger charge is -2.28. The van der Waals surface area contributed by atoms with Crippen LogP contribution in [0.4, 0.5) is 11.4 Å². The number of methoxy groups -OCH3 is 1. The minimum atomic E-state index is 0.703. The fourth-order valence-corrected chi connectivity index (χ4v) is 3.08. The Morgan fingerprint density at radius 3 is 3.08 bits per heavy atom. The van der Waals surface area contributed by atoms with Crippen molar-refractivity contribution in [1.82, 2.24) is 4.98 Å². The van der Waals surface area contributed by atoms with Crippen LogP contribution >= 0.6 is 0 Å². The highest BCUT2D eigenvalue weighted by Crippen LogP contribution is 2.31. The SMILES string of the molecule is COc1ccc(N2CC=C3C=CN=C3C2)cc1NCc1cccnc1. The number of ether oxygens (including phenoxy) is 1. The Morgan fingerprint density at radius 2 is 2.24 bits per heavy atom. The number of allylic oxidation sites excluding steroid dienone is 1. The number of hydrogen-bond donors (Lipinski definition) is 1. The number of nitrogens with zero attached hydrogens (tertiary/aromatic N) is 3. The van der Waals surface area contributed by atoms with E-state index in [0.717, 1.165) is 41.5 Å². The number of fused-ring (bicyclic) bond motifs is 1. The molecule has 1 aromatic heterocycles. The van der Waals surface area contributed by atoms with E-state index in [4.69, 9.17) is 4.74 Å². The van der Waals surface area contributed by atoms with Gasteiger partial charge in [-0.15, -0.1) is 0 Å². The molecule has 2 aromatic rings. The third kappa shape index (κ3) is 3.26. The summed E-state index contributed by atoms with van der Waals surface area (Å²) in [5.74, 6) is 0.834. The van der Waals surface area contributed by atoms with Crippen molar-refractivity contribution in [2.75, 3.05) is 30.4 Å². The zero-order valence-corrected chi connectivity index (χ0v) is 14.1. The van der Waals surface area contributed by atoms with Gasteiger partial charge in [0.1, 0.15) is 5.75 Å². The molecule has 3 heterocycles. The van der Waals surface area contributed by atoms with Gasteiger partial charge in [0.15, 0.2) is 0 Å². The fraction of sp³-hybridized carbons (Fsp3) is 0.200. The molecule has 25 heavy (non-hydrogen) atoms. The minimum Gasteiger partial charge on any atom is -0.495 e. The largest absolute Gasteiger partial charge is 0.495 e. The second kappa shape index (κ2) is 6.81. The van der Waals surface area contributed by atoms with Crippen LogP contribution in [-0.4, -0.2) is 30.9 Å². The average molecular weight is 332 g/mol. The molecule has 0 atom stereocenters. The maximum absolute atomic E-state index is 5.50. The molecule has 4 rings (SSSR count). The molecule has 0 aliphatic carbocycles. The van der Waals surface area contributed by atoms with Crippen molar-refractivity contribution in [2.45, 2.75) is 6.54 Å². The fourth-order valence-electron chi connectivity index (χ4n) is 3.08. The summed E-state index contributed by atoms with van der Waals surface area (Å²) in [6.45, 7) is 2.41. The van der Waals surface area contributed by atoms with E-state index in [1.165, 1.54) is 5.57 Å². The first-order valence-corrected chi connectivity index (χ1v) is 8.33. The van der Waals surface area contributed by atoms with Gasteiger partial charge >= 0.3 is 0 Å². The first kappa shape index (κ1) is 15.4. The molecule has 5 heteroatoms. The normalized spacial score (nSPS) is 15.5. The van der Waals surface area contributed by atoms with Gasteiger partial charge in [-0.1, -0.05) is 12.1 Å². The number of pyridine rings is 1. The third-order valence-electron chi connectivity index (χ3n) is 4.44. The van der Waals surface area contributed by atoms with E-state index < -0.39 is 0 Å². The predicted octanol–water partition coefficient (Wildman–Crippen LogP) is 3.42. The lowest BCUT2D eigenvalue weighted by atomic mass is 10.1. The summed E-state index contributed by atoms with van der Waals surface area (Å²) in [6, 6.07) is 10.2. The summed E-state index contributed by atoms with van der Waals surface area (Å²) in [4.78, 5) is 10.9. The number of aliphatic imine (C=N–C) groups is 1. The van der Waals surface area contributed by atoms with Crippen LogP contribution in [0.15, 0.2) is 71.6 Å². The number of aromatic nitrogens is 1. The number of hydrogen-bond acceptors (Lipinski definition) is 5. The number of rotatable bonds is 5. The lowest BCUT2D eigenvalue weighted by molar-refractivity contribution is 0.416. The Labute approximate surface area is 147 Å². The second-order valence-electron chi connectivity index (χ2n) is 6.03. The van der Waals surface area contributed by atoms with Crippen LogP contribution in [0.5, 0.6) is 5.75 Å². The molecule has 2 aliphatic rings. The number of nitrogens with one attached hydrogen (secondary N) is 1. The first-order valence-electron chi connectivity index (χ1n) is 8.33. The highest BCUT2D eigenvalue weighted by atomic mass is 16.5. The van der Waals surface area contributed by atoms with Crippen molar-refractivity contribution in [3.8, 4) is 5.75 Å². The lowest BCUT2D eigenvalue weighted by Crippen LogP contribution is -2.34. The van der Waals surface area contributed by atoms with Crippen LogP contribution in [0.2, 0.25) is 0 Å². The number of anilines is 2. The van der Waals surface area contributed by atoms with E-state index in [1.54, 1.807) is 13.3 Å². The molecule has 0 radical (unpaired) electrons. The van der Waals surface area contributed by atoms with Crippen LogP contribution < -0.4 is 15.0 Å². The molecule has 0 saturated carbocycles. The van der Waals surface area contributed by atoms with E-state index in [0.29, 0.717) is 6.54 Å². The van der Waals surface area contributed by atoms with Gasteiger partial charge in [0.25, 0.3) is 0 Å². The average Bonchev–Trinajstić information content (AvgIpc) is 3.14. The van der Waals surface area contributed by atoms with Crippen LogP contribution in [0.3, 0.4) is 0 Å². The van der Waals surface area contributed by atoms with Crippen LogP contribution in [-0.2, 0) is 6.54 Å². The second-order valence-corrected chi connectivity index (χ2v) is 6.03. The van der Waals surface area contributed by atoms with Crippen LogP contribution in [0.1, 0.15) is 5.56 Å². The summed E-state index contributed by atoms with van der Waals surface area (Å²) in [5, 5.41) is 3.46. The Bertz CT molecular complexity index is 855. The van der Waals surface area contributed by atoms with E-state index in [-0.39, 0.29) is 0 Å². The Kier molecular flexibility index (Phi) is 4.21. The monoisotopic (exact) mass is 332 g/mol. The molecule has 126 valence electrons. The molecule has 1 aromatic carbocycles. The van der Waals surface area contributed by atoms with E-state index in [1.807, 2.05) is 24.5 Å². The predicted molar refractivity (Wildman–Crippen MR) is 101 cm³/mol. The standard InChI is InChI=1S/C20H20N4O/c1-25-20-5-4-17(24-10-7-16-6-9-22-19(16)14-24)11-18(20)23-13-15-3-2-8-21-12-15/h2-9,11-12,23H,10,13-14H2,1H3. The summed E-state index contributed by atoms with van der Waals surface area (Å²) < 4.78 is 5.50. The zero-order valence-electron chi connectivity index (χ0n) is 14.1. The van der Waals surface area contributed by atoms with Crippen LogP contribution in [0, 0.1) is 0 Å². The topological polar surface area (TPSA) is 49.8 Å². The van der Waals surface area contributed by atoms with Gasteiger partial charge in [-0.25, -0.2) is 0 Å². The highest BCUT2D eigenvalue weighted by Gasteiger charge is 2.19. The molecule has 2 aliphatic heterocycles. The quantitative estimate of drug-likeness (QED) is 0.911. The Hall–Kier alpha value is -3.08. The van der Waals surface area contributed by atoms with E-state index >= 15 is 0 Å². The van der Waals surface area contributed by atoms with Gasteiger partial charge in [0, 0.05) is 37.4 Å². The Balaban J connectivity index is 1.54. The number of benzene rings is 1. The molecule has 0 saturated heterocycles. The van der Waals surface area contributed by atoms with Crippen molar-refractivity contribution in [2.24, 2.45) is 4.99 Å². The highest BCUT2D eigenvalue weighted by molar-refractivity contribution is 6.08. The zero-order chi connectivity index (χ0) is 17.1. The van der Waals surface area contributed by atoms with Crippen molar-refractivity contribution in [1.29, 1.82) is 0 Å². The molecule has 5 nitrogen and oxygen atoms in total. The molecule has 1 N–H and O–H groups in total. The molecule has 0 spiro atoms. The van der Waals surface area contributed by atoms with Gasteiger partial charge in [-0.2, -0.15) is 0 Å². The molecule has 0 fully saturated rings. The van der Waals surface area contributed by atoms with Crippen molar-refractivity contribution in [3.05, 3.63) is 72.2 Å². The van der Waals surface area contributed by atoms with Gasteiger partial charge in [0.2, 0.25) is 0 Å². The van der Waals surface area contributed by atoms with Gasteiger partial charge in [0.05, 0.1) is 25.1 Å². The van der Waals surface area contributed by atoms with Gasteiger partial charge in [-0.3, -0.25) is 9.98 Å². The first-order chi connectivity index (χ1) is 12.3. The third-order valence-corrected chi connectivity index (χ3v) is 4.44. The molecular weight excluding hydrogens is 312 g/mol. The van der Waals surface area contributed by atoms with E-state index in [9.17, 15) is 0 Å². The van der Waals surface area contributed by atoms with Crippen LogP contribution in [0.25, 0.3) is 0 Å². The molecule has 0 bridgehead atoms. The molecular formula is C20H20N4O. The van der Waals surface area contributed by atoms with Crippen molar-refractivity contribution >= 4 is 17.1 Å². The Morgan fingerprint density at radius 1 is 1.28 bits per heavy atom. The summed E-state index contributed by atoms with van der Waals surface area (Å²) in [6.07, 6.45) is 9.81.